The molecule has 0 aliphatic rings. The van der Waals surface area contributed by atoms with Gasteiger partial charge in [0.25, 0.3) is 0 Å². The van der Waals surface area contributed by atoms with Crippen molar-refractivity contribution >= 4 is 0 Å². The molecular formula is C9H18N2O. The molecule has 0 unspecified atom stereocenters. The fourth-order valence-corrected chi connectivity index (χ4v) is 0.708. The van der Waals surface area contributed by atoms with E-state index in [1.807, 2.05) is 24.7 Å². The van der Waals surface area contributed by atoms with E-state index in [4.69, 9.17) is 4.74 Å². The molecule has 0 aromatic carbocycles. The van der Waals surface area contributed by atoms with Gasteiger partial charge in [0.2, 0.25) is 0 Å². The molecule has 1 rings (SSSR count). The predicted molar refractivity (Wildman–Crippen MR) is 50.5 cm³/mol. The molecule has 0 radical (unpaired) electrons. The molecule has 0 spiro atoms. The number of methoxy groups -OCH3 is 1. The second kappa shape index (κ2) is 5.63. The number of aromatic nitrogens is 2. The quantitative estimate of drug-likeness (QED) is 0.682. The highest BCUT2D eigenvalue weighted by Crippen LogP contribution is 2.10. The molecule has 12 heavy (non-hydrogen) atoms. The van der Waals surface area contributed by atoms with Crippen molar-refractivity contribution < 1.29 is 4.74 Å². The maximum absolute atomic E-state index is 4.96. The summed E-state index contributed by atoms with van der Waals surface area (Å²) in [4.78, 5) is 0. The van der Waals surface area contributed by atoms with E-state index in [-0.39, 0.29) is 0 Å². The van der Waals surface area contributed by atoms with Crippen LogP contribution in [-0.4, -0.2) is 16.9 Å². The van der Waals surface area contributed by atoms with Crippen LogP contribution in [-0.2, 0) is 0 Å². The Labute approximate surface area is 74.3 Å². The Balaban J connectivity index is 0.000000561. The zero-order valence-corrected chi connectivity index (χ0v) is 8.53. The maximum atomic E-state index is 4.96. The van der Waals surface area contributed by atoms with Crippen LogP contribution in [0.2, 0.25) is 0 Å². The lowest BCUT2D eigenvalue weighted by Gasteiger charge is -2.02. The monoisotopic (exact) mass is 170 g/mol. The minimum Gasteiger partial charge on any atom is -0.493 e. The second-order valence-corrected chi connectivity index (χ2v) is 2.45. The number of hydrogen-bond donors (Lipinski definition) is 0. The smallest absolute Gasteiger partial charge is 0.156 e. The van der Waals surface area contributed by atoms with E-state index < -0.39 is 0 Å². The lowest BCUT2D eigenvalue weighted by atomic mass is 10.4. The molecule has 3 heteroatoms. The summed E-state index contributed by atoms with van der Waals surface area (Å²) in [5, 5.41) is 4.08. The van der Waals surface area contributed by atoms with Crippen molar-refractivity contribution in [3.8, 4) is 5.75 Å². The van der Waals surface area contributed by atoms with Gasteiger partial charge in [-0.15, -0.1) is 0 Å². The molecule has 0 atom stereocenters. The van der Waals surface area contributed by atoms with E-state index in [2.05, 4.69) is 18.9 Å². The summed E-state index contributed by atoms with van der Waals surface area (Å²) in [6.45, 7) is 8.15. The summed E-state index contributed by atoms with van der Waals surface area (Å²) in [7, 11) is 1.64. The highest BCUT2D eigenvalue weighted by atomic mass is 16.5. The SMILES string of the molecule is CC.COc1cnn(C(C)C)c1. The fourth-order valence-electron chi connectivity index (χ4n) is 0.708. The van der Waals surface area contributed by atoms with Gasteiger partial charge in [0.15, 0.2) is 5.75 Å². The van der Waals surface area contributed by atoms with Crippen molar-refractivity contribution in [2.24, 2.45) is 0 Å². The van der Waals surface area contributed by atoms with E-state index >= 15 is 0 Å². The lowest BCUT2D eigenvalue weighted by molar-refractivity contribution is 0.412. The fraction of sp³-hybridized carbons (Fsp3) is 0.667. The molecule has 1 aromatic rings. The summed E-state index contributed by atoms with van der Waals surface area (Å²) in [6.07, 6.45) is 3.59. The Kier molecular flexibility index (Phi) is 5.17. The highest BCUT2D eigenvalue weighted by molar-refractivity contribution is 5.11. The van der Waals surface area contributed by atoms with Crippen LogP contribution >= 0.6 is 0 Å². The zero-order valence-electron chi connectivity index (χ0n) is 8.53. The Morgan fingerprint density at radius 3 is 2.25 bits per heavy atom. The maximum Gasteiger partial charge on any atom is 0.156 e. The van der Waals surface area contributed by atoms with Gasteiger partial charge in [-0.1, -0.05) is 13.8 Å². The van der Waals surface area contributed by atoms with Gasteiger partial charge in [-0.25, -0.2) is 0 Å². The third-order valence-corrected chi connectivity index (χ3v) is 1.34. The topological polar surface area (TPSA) is 27.1 Å². The van der Waals surface area contributed by atoms with Gasteiger partial charge in [0.1, 0.15) is 0 Å². The van der Waals surface area contributed by atoms with Gasteiger partial charge in [-0.3, -0.25) is 4.68 Å². The molecule has 0 N–H and O–H groups in total. The van der Waals surface area contributed by atoms with Crippen LogP contribution in [0.4, 0.5) is 0 Å². The first-order chi connectivity index (χ1) is 5.74. The van der Waals surface area contributed by atoms with Crippen molar-refractivity contribution in [3.63, 3.8) is 0 Å². The Hall–Kier alpha value is -0.990. The number of ether oxygens (including phenoxy) is 1. The molecule has 0 amide bonds. The highest BCUT2D eigenvalue weighted by Gasteiger charge is 1.99. The first-order valence-corrected chi connectivity index (χ1v) is 4.32. The molecule has 3 nitrogen and oxygen atoms in total. The molecule has 70 valence electrons. The normalized spacial score (nSPS) is 9.17. The van der Waals surface area contributed by atoms with E-state index in [1.54, 1.807) is 13.3 Å². The molecule has 0 aliphatic heterocycles. The van der Waals surface area contributed by atoms with Crippen LogP contribution in [0.5, 0.6) is 5.75 Å². The Bertz CT molecular complexity index is 206. The summed E-state index contributed by atoms with van der Waals surface area (Å²) in [5.41, 5.74) is 0. The summed E-state index contributed by atoms with van der Waals surface area (Å²) in [6, 6.07) is 0.406. The van der Waals surface area contributed by atoms with Crippen LogP contribution < -0.4 is 4.74 Å². The van der Waals surface area contributed by atoms with E-state index in [0.717, 1.165) is 5.75 Å². The van der Waals surface area contributed by atoms with Crippen LogP contribution in [0.25, 0.3) is 0 Å². The molecule has 0 saturated carbocycles. The summed E-state index contributed by atoms with van der Waals surface area (Å²) < 4.78 is 6.82. The minimum atomic E-state index is 0.406. The number of rotatable bonds is 2. The molecular weight excluding hydrogens is 152 g/mol. The Morgan fingerprint density at radius 2 is 2.00 bits per heavy atom. The van der Waals surface area contributed by atoms with Crippen molar-refractivity contribution in [2.45, 2.75) is 33.7 Å². The minimum absolute atomic E-state index is 0.406. The van der Waals surface area contributed by atoms with Gasteiger partial charge in [0.05, 0.1) is 19.5 Å². The summed E-state index contributed by atoms with van der Waals surface area (Å²) in [5.74, 6) is 0.814. The molecule has 1 heterocycles. The van der Waals surface area contributed by atoms with Crippen LogP contribution in [0.3, 0.4) is 0 Å². The molecule has 1 aromatic heterocycles. The van der Waals surface area contributed by atoms with E-state index in [1.165, 1.54) is 0 Å². The average Bonchev–Trinajstić information content (AvgIpc) is 2.55. The first kappa shape index (κ1) is 11.0. The largest absolute Gasteiger partial charge is 0.493 e. The zero-order chi connectivity index (χ0) is 9.56. The van der Waals surface area contributed by atoms with Gasteiger partial charge >= 0.3 is 0 Å². The predicted octanol–water partition coefficient (Wildman–Crippen LogP) is 2.50. The third kappa shape index (κ3) is 2.95. The molecule has 0 fully saturated rings. The average molecular weight is 170 g/mol. The van der Waals surface area contributed by atoms with Gasteiger partial charge in [-0.2, -0.15) is 5.10 Å². The van der Waals surface area contributed by atoms with E-state index in [0.29, 0.717) is 6.04 Å². The summed E-state index contributed by atoms with van der Waals surface area (Å²) >= 11 is 0. The number of nitrogens with zero attached hydrogens (tertiary/aromatic N) is 2. The van der Waals surface area contributed by atoms with Crippen LogP contribution in [0, 0.1) is 0 Å². The number of hydrogen-bond acceptors (Lipinski definition) is 2. The van der Waals surface area contributed by atoms with Crippen molar-refractivity contribution in [2.75, 3.05) is 7.11 Å². The Morgan fingerprint density at radius 1 is 1.42 bits per heavy atom. The third-order valence-electron chi connectivity index (χ3n) is 1.34. The van der Waals surface area contributed by atoms with Crippen LogP contribution in [0.15, 0.2) is 12.4 Å². The molecule has 0 saturated heterocycles. The first-order valence-electron chi connectivity index (χ1n) is 4.32. The van der Waals surface area contributed by atoms with E-state index in [9.17, 15) is 0 Å². The second-order valence-electron chi connectivity index (χ2n) is 2.45. The van der Waals surface area contributed by atoms with Gasteiger partial charge < -0.3 is 4.74 Å². The van der Waals surface area contributed by atoms with Crippen LogP contribution in [0.1, 0.15) is 33.7 Å². The van der Waals surface area contributed by atoms with Crippen molar-refractivity contribution in [1.29, 1.82) is 0 Å². The molecule has 0 bridgehead atoms. The van der Waals surface area contributed by atoms with Gasteiger partial charge in [-0.05, 0) is 13.8 Å². The molecule has 0 aliphatic carbocycles. The van der Waals surface area contributed by atoms with Crippen molar-refractivity contribution in [1.82, 2.24) is 9.78 Å². The lowest BCUT2D eigenvalue weighted by Crippen LogP contribution is -1.99. The van der Waals surface area contributed by atoms with Gasteiger partial charge in [0, 0.05) is 6.04 Å². The standard InChI is InChI=1S/C7H12N2O.C2H6/c1-6(2)9-5-7(10-3)4-8-9;1-2/h4-6H,1-3H3;1-2H3. The van der Waals surface area contributed by atoms with Crippen molar-refractivity contribution in [3.05, 3.63) is 12.4 Å².